The predicted molar refractivity (Wildman–Crippen MR) is 95.9 cm³/mol. The number of nitrogens with zero attached hydrogens (tertiary/aromatic N) is 2. The molecule has 1 aromatic rings. The zero-order valence-electron chi connectivity index (χ0n) is 13.9. The molecular formula is C17H28N4OS. The van der Waals surface area contributed by atoms with Gasteiger partial charge < -0.3 is 15.8 Å². The van der Waals surface area contributed by atoms with E-state index in [-0.39, 0.29) is 6.10 Å². The van der Waals surface area contributed by atoms with Crippen LogP contribution in [0.1, 0.15) is 37.1 Å². The summed E-state index contributed by atoms with van der Waals surface area (Å²) in [5.41, 5.74) is 6.06. The summed E-state index contributed by atoms with van der Waals surface area (Å²) < 4.78 is 5.67. The summed E-state index contributed by atoms with van der Waals surface area (Å²) in [5, 5.41) is 5.42. The summed E-state index contributed by atoms with van der Waals surface area (Å²) >= 11 is 1.80. The summed E-state index contributed by atoms with van der Waals surface area (Å²) in [6.45, 7) is 6.51. The smallest absolute Gasteiger partial charge is 0.188 e. The Morgan fingerprint density at radius 2 is 2.43 bits per heavy atom. The van der Waals surface area contributed by atoms with Gasteiger partial charge in [0.2, 0.25) is 0 Å². The number of guanidine groups is 1. The fourth-order valence-corrected chi connectivity index (χ4v) is 4.03. The molecule has 5 nitrogen and oxygen atoms in total. The van der Waals surface area contributed by atoms with Crippen LogP contribution in [0.2, 0.25) is 0 Å². The molecule has 2 atom stereocenters. The third-order valence-corrected chi connectivity index (χ3v) is 5.79. The van der Waals surface area contributed by atoms with Crippen molar-refractivity contribution in [3.05, 3.63) is 22.4 Å². The van der Waals surface area contributed by atoms with E-state index in [0.717, 1.165) is 32.2 Å². The molecule has 0 spiro atoms. The van der Waals surface area contributed by atoms with Crippen LogP contribution in [0.25, 0.3) is 0 Å². The molecule has 1 saturated heterocycles. The average Bonchev–Trinajstić information content (AvgIpc) is 3.00. The van der Waals surface area contributed by atoms with Crippen LogP contribution >= 0.6 is 11.3 Å². The van der Waals surface area contributed by atoms with Gasteiger partial charge in [-0.25, -0.2) is 0 Å². The minimum atomic E-state index is 0.282. The van der Waals surface area contributed by atoms with Gasteiger partial charge in [-0.3, -0.25) is 9.89 Å². The lowest BCUT2D eigenvalue weighted by Crippen LogP contribution is -2.44. The number of hydrogen-bond donors (Lipinski definition) is 2. The summed E-state index contributed by atoms with van der Waals surface area (Å²) in [6.07, 6.45) is 4.29. The van der Waals surface area contributed by atoms with Crippen molar-refractivity contribution in [1.82, 2.24) is 10.2 Å². The molecule has 0 amide bonds. The van der Waals surface area contributed by atoms with Crippen molar-refractivity contribution >= 4 is 17.3 Å². The van der Waals surface area contributed by atoms with Crippen LogP contribution in [0.5, 0.6) is 0 Å². The van der Waals surface area contributed by atoms with Crippen LogP contribution in [0.3, 0.4) is 0 Å². The van der Waals surface area contributed by atoms with E-state index in [1.54, 1.807) is 11.3 Å². The first kappa shape index (κ1) is 16.7. The van der Waals surface area contributed by atoms with Gasteiger partial charge in [-0.05, 0) is 37.1 Å². The van der Waals surface area contributed by atoms with Gasteiger partial charge in [-0.2, -0.15) is 0 Å². The van der Waals surface area contributed by atoms with Crippen molar-refractivity contribution in [2.45, 2.75) is 38.3 Å². The van der Waals surface area contributed by atoms with Gasteiger partial charge >= 0.3 is 0 Å². The fraction of sp³-hybridized carbons (Fsp3) is 0.706. The second-order valence-corrected chi connectivity index (χ2v) is 7.59. The zero-order chi connectivity index (χ0) is 16.1. The maximum Gasteiger partial charge on any atom is 0.188 e. The van der Waals surface area contributed by atoms with Crippen molar-refractivity contribution < 1.29 is 4.74 Å². The standard InChI is InChI=1S/C17H28N4OS/c1-13-12-21(7-8-22-13)15(16-6-3-9-23-16)11-20-17(18)19-10-14-4-2-5-14/h3,6,9,13-15H,2,4-5,7-8,10-12H2,1H3,(H3,18,19,20). The Morgan fingerprint density at radius 1 is 1.57 bits per heavy atom. The molecule has 1 aliphatic carbocycles. The van der Waals surface area contributed by atoms with Crippen LogP contribution in [-0.4, -0.2) is 49.7 Å². The van der Waals surface area contributed by atoms with Gasteiger partial charge in [0.15, 0.2) is 5.96 Å². The first-order valence-corrected chi connectivity index (χ1v) is 9.53. The van der Waals surface area contributed by atoms with Crippen molar-refractivity contribution in [2.24, 2.45) is 16.6 Å². The zero-order valence-corrected chi connectivity index (χ0v) is 14.7. The van der Waals surface area contributed by atoms with Crippen molar-refractivity contribution in [1.29, 1.82) is 0 Å². The molecule has 0 bridgehead atoms. The third-order valence-electron chi connectivity index (χ3n) is 4.82. The van der Waals surface area contributed by atoms with Crippen LogP contribution in [-0.2, 0) is 4.74 Å². The highest BCUT2D eigenvalue weighted by Gasteiger charge is 2.26. The largest absolute Gasteiger partial charge is 0.376 e. The van der Waals surface area contributed by atoms with E-state index in [2.05, 4.69) is 39.6 Å². The second kappa shape index (κ2) is 8.13. The molecule has 128 valence electrons. The fourth-order valence-electron chi connectivity index (χ4n) is 3.18. The first-order chi connectivity index (χ1) is 11.2. The van der Waals surface area contributed by atoms with Gasteiger partial charge in [0, 0.05) is 24.5 Å². The Bertz CT molecular complexity index is 501. The maximum atomic E-state index is 6.06. The van der Waals surface area contributed by atoms with Crippen LogP contribution in [0, 0.1) is 5.92 Å². The minimum Gasteiger partial charge on any atom is -0.376 e. The molecule has 3 rings (SSSR count). The van der Waals surface area contributed by atoms with E-state index in [4.69, 9.17) is 10.5 Å². The lowest BCUT2D eigenvalue weighted by Gasteiger charge is -2.36. The lowest BCUT2D eigenvalue weighted by molar-refractivity contribution is -0.0327. The SMILES string of the molecule is CC1CN(C(CN=C(N)NCC2CCC2)c2cccs2)CCO1. The number of morpholine rings is 1. The molecule has 6 heteroatoms. The van der Waals surface area contributed by atoms with Crippen molar-refractivity contribution in [3.8, 4) is 0 Å². The summed E-state index contributed by atoms with van der Waals surface area (Å²) in [6, 6.07) is 4.60. The van der Waals surface area contributed by atoms with Gasteiger partial charge in [0.1, 0.15) is 0 Å². The number of thiophene rings is 1. The first-order valence-electron chi connectivity index (χ1n) is 8.65. The molecule has 2 heterocycles. The van der Waals surface area contributed by atoms with Crippen molar-refractivity contribution in [2.75, 3.05) is 32.8 Å². The Labute approximate surface area is 142 Å². The normalized spacial score (nSPS) is 25.1. The average molecular weight is 337 g/mol. The van der Waals surface area contributed by atoms with E-state index in [1.807, 2.05) is 0 Å². The van der Waals surface area contributed by atoms with Gasteiger partial charge in [0.05, 0.1) is 25.3 Å². The summed E-state index contributed by atoms with van der Waals surface area (Å²) in [5.74, 6) is 1.37. The molecule has 1 aliphatic heterocycles. The number of ether oxygens (including phenoxy) is 1. The molecule has 1 aromatic heterocycles. The highest BCUT2D eigenvalue weighted by Crippen LogP contribution is 2.27. The minimum absolute atomic E-state index is 0.282. The third kappa shape index (κ3) is 4.68. The van der Waals surface area contributed by atoms with E-state index in [1.165, 1.54) is 24.1 Å². The quantitative estimate of drug-likeness (QED) is 0.618. The molecule has 2 fully saturated rings. The van der Waals surface area contributed by atoms with Crippen LogP contribution < -0.4 is 11.1 Å². The number of nitrogens with one attached hydrogen (secondary N) is 1. The van der Waals surface area contributed by atoms with E-state index >= 15 is 0 Å². The van der Waals surface area contributed by atoms with E-state index < -0.39 is 0 Å². The Kier molecular flexibility index (Phi) is 5.91. The Balaban J connectivity index is 1.59. The van der Waals surface area contributed by atoms with Gasteiger partial charge in [-0.1, -0.05) is 12.5 Å². The lowest BCUT2D eigenvalue weighted by atomic mass is 9.85. The molecule has 0 radical (unpaired) electrons. The molecule has 3 N–H and O–H groups in total. The van der Waals surface area contributed by atoms with E-state index in [0.29, 0.717) is 18.5 Å². The van der Waals surface area contributed by atoms with E-state index in [9.17, 15) is 0 Å². The molecule has 23 heavy (non-hydrogen) atoms. The summed E-state index contributed by atoms with van der Waals surface area (Å²) in [7, 11) is 0. The van der Waals surface area contributed by atoms with Crippen molar-refractivity contribution in [3.63, 3.8) is 0 Å². The topological polar surface area (TPSA) is 62.9 Å². The molecule has 2 unspecified atom stereocenters. The predicted octanol–water partition coefficient (Wildman–Crippen LogP) is 2.21. The van der Waals surface area contributed by atoms with Crippen LogP contribution in [0.15, 0.2) is 22.5 Å². The Morgan fingerprint density at radius 3 is 3.09 bits per heavy atom. The maximum absolute atomic E-state index is 6.06. The number of nitrogens with two attached hydrogens (primary N) is 1. The Hall–Kier alpha value is -1.11. The molecule has 1 saturated carbocycles. The molecule has 2 aliphatic rings. The molecular weight excluding hydrogens is 308 g/mol. The summed E-state index contributed by atoms with van der Waals surface area (Å²) in [4.78, 5) is 8.45. The number of aliphatic imine (C=N–C) groups is 1. The van der Waals surface area contributed by atoms with Crippen LogP contribution in [0.4, 0.5) is 0 Å². The van der Waals surface area contributed by atoms with Gasteiger partial charge in [-0.15, -0.1) is 11.3 Å². The highest BCUT2D eigenvalue weighted by atomic mass is 32.1. The monoisotopic (exact) mass is 336 g/mol. The highest BCUT2D eigenvalue weighted by molar-refractivity contribution is 7.10. The number of rotatable bonds is 6. The second-order valence-electron chi connectivity index (χ2n) is 6.61. The van der Waals surface area contributed by atoms with Gasteiger partial charge in [0.25, 0.3) is 0 Å². The molecule has 0 aromatic carbocycles. The number of hydrogen-bond acceptors (Lipinski definition) is 4.